The molecule has 4 nitrogen and oxygen atoms in total. The Labute approximate surface area is 244 Å². The lowest BCUT2D eigenvalue weighted by molar-refractivity contribution is -0.114. The van der Waals surface area contributed by atoms with Crippen LogP contribution in [0.3, 0.4) is 0 Å². The van der Waals surface area contributed by atoms with Gasteiger partial charge in [0.15, 0.2) is 0 Å². The van der Waals surface area contributed by atoms with Crippen molar-refractivity contribution in [1.29, 1.82) is 0 Å². The van der Waals surface area contributed by atoms with Crippen LogP contribution in [-0.2, 0) is 4.79 Å². The topological polar surface area (TPSA) is 26.8 Å². The van der Waals surface area contributed by atoms with Crippen molar-refractivity contribution >= 4 is 5.78 Å². The predicted molar refractivity (Wildman–Crippen MR) is 179 cm³/mol. The van der Waals surface area contributed by atoms with E-state index in [4.69, 9.17) is 0 Å². The number of hydrogen-bond donors (Lipinski definition) is 0. The molecule has 2 atom stereocenters. The molecule has 38 heavy (non-hydrogen) atoms. The van der Waals surface area contributed by atoms with E-state index < -0.39 is 0 Å². The first-order chi connectivity index (χ1) is 17.0. The van der Waals surface area contributed by atoms with Gasteiger partial charge in [-0.15, -0.1) is 0 Å². The molecule has 3 rings (SSSR count). The van der Waals surface area contributed by atoms with Crippen molar-refractivity contribution in [3.8, 4) is 0 Å². The van der Waals surface area contributed by atoms with Crippen LogP contribution < -0.4 is 0 Å². The number of piperidine rings is 2. The Hall–Kier alpha value is -0.450. The fraction of sp³-hybridized carbons (Fsp3) is 0.971. The van der Waals surface area contributed by atoms with Crippen molar-refractivity contribution < 1.29 is 4.79 Å². The minimum Gasteiger partial charge on any atom is -0.306 e. The van der Waals surface area contributed by atoms with Gasteiger partial charge in [0, 0.05) is 13.1 Å². The Morgan fingerprint density at radius 1 is 0.553 bits per heavy atom. The van der Waals surface area contributed by atoms with Gasteiger partial charge in [-0.2, -0.15) is 0 Å². The average molecular weight is 546 g/mol. The van der Waals surface area contributed by atoms with Gasteiger partial charge >= 0.3 is 0 Å². The smallest absolute Gasteiger partial charge is 0.126 e. The second kappa shape index (κ2) is 34.6. The summed E-state index contributed by atoms with van der Waals surface area (Å²) in [6.45, 7) is 26.4. The zero-order valence-corrected chi connectivity index (χ0v) is 27.3. The Bertz CT molecular complexity index is 429. The highest BCUT2D eigenvalue weighted by atomic mass is 16.1. The molecule has 3 aliphatic rings. The highest BCUT2D eigenvalue weighted by molar-refractivity contribution is 5.72. The van der Waals surface area contributed by atoms with Gasteiger partial charge in [-0.1, -0.05) is 95.4 Å². The minimum atomic E-state index is 0. The van der Waals surface area contributed by atoms with Gasteiger partial charge < -0.3 is 19.5 Å². The van der Waals surface area contributed by atoms with Crippen LogP contribution in [0.25, 0.3) is 0 Å². The summed E-state index contributed by atoms with van der Waals surface area (Å²) >= 11 is 0. The van der Waals surface area contributed by atoms with Crippen LogP contribution in [0.5, 0.6) is 0 Å². The summed E-state index contributed by atoms with van der Waals surface area (Å²) in [7, 11) is 6.64. The van der Waals surface area contributed by atoms with Gasteiger partial charge in [-0.05, 0) is 111 Å². The largest absolute Gasteiger partial charge is 0.306 e. The molecule has 0 bridgehead atoms. The van der Waals surface area contributed by atoms with E-state index in [1.54, 1.807) is 0 Å². The Balaban J connectivity index is -0.000000120. The Morgan fingerprint density at radius 3 is 1.11 bits per heavy atom. The summed E-state index contributed by atoms with van der Waals surface area (Å²) in [5.74, 6) is 3.19. The van der Waals surface area contributed by atoms with Crippen molar-refractivity contribution in [2.24, 2.45) is 17.8 Å². The second-order valence-electron chi connectivity index (χ2n) is 11.5. The normalized spacial score (nSPS) is 21.4. The van der Waals surface area contributed by atoms with Gasteiger partial charge in [0.1, 0.15) is 5.78 Å². The third-order valence-corrected chi connectivity index (χ3v) is 6.78. The summed E-state index contributed by atoms with van der Waals surface area (Å²) < 4.78 is 0. The number of hydrogen-bond acceptors (Lipinski definition) is 4. The van der Waals surface area contributed by atoms with Gasteiger partial charge in [-0.3, -0.25) is 0 Å². The monoisotopic (exact) mass is 546 g/mol. The fourth-order valence-electron chi connectivity index (χ4n) is 4.44. The minimum absolute atomic E-state index is 0. The standard InChI is InChI=1S/2C8H17N.C7H15N.C3H6O.2C3H8.2CH4/c1-3-8-4-6-9(2)7-5-8;1-3-8-5-4-6-9(2)7-8;1-3-7-4-5-8(2)6-7;1-3(2)4;2*1-3-2;;/h2*8H,3-7H2,1-2H3;7H,3-6H2,1-2H3;1-2H3;2*3H2,1-2H3;2*1H4. The van der Waals surface area contributed by atoms with Gasteiger partial charge in [0.05, 0.1) is 0 Å². The number of likely N-dealkylation sites (tertiary alicyclic amines) is 3. The molecule has 236 valence electrons. The van der Waals surface area contributed by atoms with E-state index in [9.17, 15) is 4.79 Å². The molecule has 3 aliphatic heterocycles. The lowest BCUT2D eigenvalue weighted by Crippen LogP contribution is -2.31. The number of carbonyl (C=O) groups is 1. The second-order valence-corrected chi connectivity index (χ2v) is 11.5. The van der Waals surface area contributed by atoms with Crippen molar-refractivity contribution in [2.75, 3.05) is 60.4 Å². The molecule has 0 radical (unpaired) electrons. The first-order valence-corrected chi connectivity index (χ1v) is 15.6. The zero-order valence-electron chi connectivity index (χ0n) is 27.3. The molecule has 4 heteroatoms. The van der Waals surface area contributed by atoms with E-state index in [1.807, 2.05) is 0 Å². The molecule has 3 saturated heterocycles. The summed E-state index contributed by atoms with van der Waals surface area (Å²) in [6, 6.07) is 0. The number of carbonyl (C=O) groups excluding carboxylic acids is 1. The maximum Gasteiger partial charge on any atom is 0.126 e. The van der Waals surface area contributed by atoms with Crippen molar-refractivity contribution in [3.05, 3.63) is 0 Å². The third kappa shape index (κ3) is 35.5. The quantitative estimate of drug-likeness (QED) is 0.353. The van der Waals surface area contributed by atoms with Crippen LogP contribution in [0, 0.1) is 17.8 Å². The zero-order chi connectivity index (χ0) is 28.4. The first kappa shape index (κ1) is 47.3. The number of nitrogens with zero attached hydrogens (tertiary/aromatic N) is 3. The van der Waals surface area contributed by atoms with Crippen LogP contribution >= 0.6 is 0 Å². The van der Waals surface area contributed by atoms with Crippen molar-refractivity contribution in [3.63, 3.8) is 0 Å². The van der Waals surface area contributed by atoms with E-state index in [1.165, 1.54) is 117 Å². The summed E-state index contributed by atoms with van der Waals surface area (Å²) in [5, 5.41) is 0. The summed E-state index contributed by atoms with van der Waals surface area (Å²) in [6.07, 6.45) is 13.8. The first-order valence-electron chi connectivity index (χ1n) is 15.6. The molecule has 0 amide bonds. The number of Topliss-reactive ketones (excluding diaryl/α,β-unsaturated/α-hetero) is 1. The molecule has 0 aliphatic carbocycles. The maximum atomic E-state index is 9.44. The molecule has 2 unspecified atom stereocenters. The van der Waals surface area contributed by atoms with Gasteiger partial charge in [0.25, 0.3) is 0 Å². The Kier molecular flexibility index (Phi) is 43.1. The van der Waals surface area contributed by atoms with Crippen LogP contribution in [0.4, 0.5) is 0 Å². The molecular formula is C34H79N3O. The Morgan fingerprint density at radius 2 is 0.842 bits per heavy atom. The molecule has 0 aromatic heterocycles. The van der Waals surface area contributed by atoms with Gasteiger partial charge in [0.2, 0.25) is 0 Å². The van der Waals surface area contributed by atoms with Crippen LogP contribution in [0.1, 0.15) is 141 Å². The SMILES string of the molecule is C.C.CC(C)=O.CCC.CCC.CCC1CCCN(C)C1.CCC1CCN(C)C1.CCC1CCN(C)CC1. The average Bonchev–Trinajstić information content (AvgIpc) is 3.26. The van der Waals surface area contributed by atoms with Crippen molar-refractivity contribution in [1.82, 2.24) is 14.7 Å². The fourth-order valence-corrected chi connectivity index (χ4v) is 4.44. The van der Waals surface area contributed by atoms with E-state index in [-0.39, 0.29) is 20.6 Å². The summed E-state index contributed by atoms with van der Waals surface area (Å²) in [5.41, 5.74) is 0. The molecular weight excluding hydrogens is 466 g/mol. The molecule has 3 heterocycles. The maximum absolute atomic E-state index is 9.44. The molecule has 0 aromatic carbocycles. The van der Waals surface area contributed by atoms with Crippen LogP contribution in [-0.4, -0.2) is 80.9 Å². The molecule has 0 saturated carbocycles. The lowest BCUT2D eigenvalue weighted by atomic mass is 9.95. The lowest BCUT2D eigenvalue weighted by Gasteiger charge is -2.28. The van der Waals surface area contributed by atoms with E-state index >= 15 is 0 Å². The predicted octanol–water partition coefficient (Wildman–Crippen LogP) is 9.52. The summed E-state index contributed by atoms with van der Waals surface area (Å²) in [4.78, 5) is 16.7. The third-order valence-electron chi connectivity index (χ3n) is 6.78. The van der Waals surface area contributed by atoms with Crippen LogP contribution in [0.2, 0.25) is 0 Å². The van der Waals surface area contributed by atoms with Crippen LogP contribution in [0.15, 0.2) is 0 Å². The highest BCUT2D eigenvalue weighted by Gasteiger charge is 2.16. The molecule has 0 spiro atoms. The van der Waals surface area contributed by atoms with E-state index in [0.717, 1.165) is 17.8 Å². The number of rotatable bonds is 3. The highest BCUT2D eigenvalue weighted by Crippen LogP contribution is 2.18. The molecule has 3 fully saturated rings. The molecule has 0 aromatic rings. The molecule has 0 N–H and O–H groups in total. The number of ketones is 1. The van der Waals surface area contributed by atoms with E-state index in [0.29, 0.717) is 0 Å². The van der Waals surface area contributed by atoms with E-state index in [2.05, 4.69) is 84.3 Å². The van der Waals surface area contributed by atoms with Gasteiger partial charge in [-0.25, -0.2) is 0 Å². The van der Waals surface area contributed by atoms with Crippen molar-refractivity contribution in [2.45, 2.75) is 141 Å².